The number of aliphatic carboxylic acids is 1. The molecule has 1 aromatic rings. The number of nitro groups is 1. The maximum Gasteiger partial charge on any atom is 0.331 e. The van der Waals surface area contributed by atoms with Crippen LogP contribution in [0, 0.1) is 15.9 Å². The number of nitrogens with zero attached hydrogens (tertiary/aromatic N) is 1. The highest BCUT2D eigenvalue weighted by molar-refractivity contribution is 9.10. The fourth-order valence-electron chi connectivity index (χ4n) is 1.39. The van der Waals surface area contributed by atoms with Crippen molar-refractivity contribution in [1.29, 1.82) is 0 Å². The predicted molar refractivity (Wildman–Crippen MR) is 72.3 cm³/mol. The fraction of sp³-hybridized carbons (Fsp3) is 0.250. The Labute approximate surface area is 122 Å². The minimum atomic E-state index is -1.09. The molecular weight excluding hydrogens is 337 g/mol. The van der Waals surface area contributed by atoms with Crippen LogP contribution in [0.3, 0.4) is 0 Å². The zero-order chi connectivity index (χ0) is 15.3. The van der Waals surface area contributed by atoms with Gasteiger partial charge in [0.05, 0.1) is 9.40 Å². The Bertz CT molecular complexity index is 573. The van der Waals surface area contributed by atoms with Crippen molar-refractivity contribution in [3.8, 4) is 5.75 Å². The number of benzene rings is 1. The van der Waals surface area contributed by atoms with Crippen LogP contribution in [0.25, 0.3) is 0 Å². The normalized spacial score (nSPS) is 11.2. The third-order valence-corrected chi connectivity index (χ3v) is 3.03. The van der Waals surface area contributed by atoms with Crippen molar-refractivity contribution in [1.82, 2.24) is 0 Å². The third kappa shape index (κ3) is 4.02. The van der Waals surface area contributed by atoms with Crippen LogP contribution in [-0.2, 0) is 4.79 Å². The SMILES string of the molecule is CC/C(=C/COc1cc(F)c(Br)cc1[N+](=O)[O-])C(=O)O. The van der Waals surface area contributed by atoms with E-state index < -0.39 is 22.4 Å². The first kappa shape index (κ1) is 16.1. The first-order valence-corrected chi connectivity index (χ1v) is 6.34. The van der Waals surface area contributed by atoms with Gasteiger partial charge in [0.25, 0.3) is 0 Å². The molecule has 0 amide bonds. The van der Waals surface area contributed by atoms with Crippen molar-refractivity contribution in [3.05, 3.63) is 44.2 Å². The lowest BCUT2D eigenvalue weighted by Gasteiger charge is -2.06. The van der Waals surface area contributed by atoms with Gasteiger partial charge in [-0.2, -0.15) is 0 Å². The van der Waals surface area contributed by atoms with Gasteiger partial charge >= 0.3 is 11.7 Å². The van der Waals surface area contributed by atoms with Gasteiger partial charge in [0, 0.05) is 17.7 Å². The van der Waals surface area contributed by atoms with E-state index in [4.69, 9.17) is 9.84 Å². The Kier molecular flexibility index (Phi) is 5.63. The van der Waals surface area contributed by atoms with Gasteiger partial charge in [-0.25, -0.2) is 9.18 Å². The molecule has 1 rings (SSSR count). The maximum absolute atomic E-state index is 13.3. The summed E-state index contributed by atoms with van der Waals surface area (Å²) in [6, 6.07) is 1.87. The highest BCUT2D eigenvalue weighted by Crippen LogP contribution is 2.32. The molecule has 0 aliphatic carbocycles. The minimum absolute atomic E-state index is 0.0492. The lowest BCUT2D eigenvalue weighted by atomic mass is 10.2. The van der Waals surface area contributed by atoms with E-state index in [-0.39, 0.29) is 28.8 Å². The van der Waals surface area contributed by atoms with Crippen LogP contribution >= 0.6 is 15.9 Å². The molecule has 0 aliphatic rings. The summed E-state index contributed by atoms with van der Waals surface area (Å²) >= 11 is 2.85. The van der Waals surface area contributed by atoms with Crippen LogP contribution < -0.4 is 4.74 Å². The molecule has 0 atom stereocenters. The van der Waals surface area contributed by atoms with Gasteiger partial charge < -0.3 is 9.84 Å². The summed E-state index contributed by atoms with van der Waals surface area (Å²) in [5.74, 6) is -2.05. The molecule has 0 bridgehead atoms. The van der Waals surface area contributed by atoms with Crippen molar-refractivity contribution in [3.63, 3.8) is 0 Å². The molecule has 1 N–H and O–H groups in total. The minimum Gasteiger partial charge on any atom is -0.482 e. The van der Waals surface area contributed by atoms with Crippen LogP contribution in [0.2, 0.25) is 0 Å². The number of carboxylic acids is 1. The van der Waals surface area contributed by atoms with E-state index in [1.807, 2.05) is 0 Å². The van der Waals surface area contributed by atoms with Gasteiger partial charge in [0.15, 0.2) is 5.75 Å². The molecule has 0 spiro atoms. The van der Waals surface area contributed by atoms with Gasteiger partial charge in [-0.15, -0.1) is 0 Å². The molecule has 0 saturated heterocycles. The van der Waals surface area contributed by atoms with Crippen molar-refractivity contribution >= 4 is 27.6 Å². The quantitative estimate of drug-likeness (QED) is 0.484. The summed E-state index contributed by atoms with van der Waals surface area (Å²) in [6.07, 6.45) is 1.57. The van der Waals surface area contributed by atoms with Crippen molar-refractivity contribution in [2.45, 2.75) is 13.3 Å². The van der Waals surface area contributed by atoms with Crippen molar-refractivity contribution in [2.75, 3.05) is 6.61 Å². The molecule has 1 aromatic carbocycles. The lowest BCUT2D eigenvalue weighted by molar-refractivity contribution is -0.385. The first-order valence-electron chi connectivity index (χ1n) is 5.55. The number of carbonyl (C=O) groups is 1. The average molecular weight is 348 g/mol. The third-order valence-electron chi connectivity index (χ3n) is 2.42. The zero-order valence-corrected chi connectivity index (χ0v) is 12.0. The molecule has 0 aromatic heterocycles. The molecule has 0 saturated carbocycles. The smallest absolute Gasteiger partial charge is 0.331 e. The van der Waals surface area contributed by atoms with E-state index in [1.165, 1.54) is 6.08 Å². The number of nitro benzene ring substituents is 1. The molecular formula is C12H11BrFNO5. The first-order chi connectivity index (χ1) is 9.36. The highest BCUT2D eigenvalue weighted by Gasteiger charge is 2.18. The summed E-state index contributed by atoms with van der Waals surface area (Å²) in [5.41, 5.74) is -0.287. The van der Waals surface area contributed by atoms with Crippen LogP contribution in [0.15, 0.2) is 28.3 Å². The van der Waals surface area contributed by atoms with E-state index in [2.05, 4.69) is 15.9 Å². The Morgan fingerprint density at radius 1 is 1.60 bits per heavy atom. The van der Waals surface area contributed by atoms with Gasteiger partial charge in [0.2, 0.25) is 0 Å². The second kappa shape index (κ2) is 6.99. The maximum atomic E-state index is 13.3. The lowest BCUT2D eigenvalue weighted by Crippen LogP contribution is -2.04. The zero-order valence-electron chi connectivity index (χ0n) is 10.4. The Balaban J connectivity index is 2.95. The number of halogens is 2. The molecule has 0 fully saturated rings. The standard InChI is InChI=1S/C12H11BrFNO5/c1-2-7(12(16)17)3-4-20-11-6-9(14)8(13)5-10(11)15(18)19/h3,5-6H,2,4H2,1H3,(H,16,17)/b7-3-. The van der Waals surface area contributed by atoms with E-state index in [1.54, 1.807) is 6.92 Å². The molecule has 8 heteroatoms. The van der Waals surface area contributed by atoms with Gasteiger partial charge in [-0.1, -0.05) is 6.92 Å². The van der Waals surface area contributed by atoms with Gasteiger partial charge in [-0.3, -0.25) is 10.1 Å². The Morgan fingerprint density at radius 3 is 2.75 bits per heavy atom. The summed E-state index contributed by atoms with van der Waals surface area (Å²) in [5, 5.41) is 19.6. The van der Waals surface area contributed by atoms with Crippen LogP contribution in [0.5, 0.6) is 5.75 Å². The van der Waals surface area contributed by atoms with Crippen LogP contribution in [0.1, 0.15) is 13.3 Å². The van der Waals surface area contributed by atoms with E-state index in [9.17, 15) is 19.3 Å². The average Bonchev–Trinajstić information content (AvgIpc) is 2.37. The number of rotatable bonds is 6. The second-order valence-corrected chi connectivity index (χ2v) is 4.54. The molecule has 20 heavy (non-hydrogen) atoms. The summed E-state index contributed by atoms with van der Waals surface area (Å²) < 4.78 is 18.4. The van der Waals surface area contributed by atoms with Crippen LogP contribution in [-0.4, -0.2) is 22.6 Å². The largest absolute Gasteiger partial charge is 0.482 e. The molecule has 0 heterocycles. The van der Waals surface area contributed by atoms with Gasteiger partial charge in [0.1, 0.15) is 12.4 Å². The molecule has 0 unspecified atom stereocenters. The summed E-state index contributed by atoms with van der Waals surface area (Å²) in [4.78, 5) is 20.9. The number of carboxylic acid groups (broad SMARTS) is 1. The van der Waals surface area contributed by atoms with Crippen molar-refractivity contribution in [2.24, 2.45) is 0 Å². The fourth-order valence-corrected chi connectivity index (χ4v) is 1.72. The number of hydrogen-bond acceptors (Lipinski definition) is 4. The van der Waals surface area contributed by atoms with E-state index >= 15 is 0 Å². The number of hydrogen-bond donors (Lipinski definition) is 1. The molecule has 108 valence electrons. The molecule has 0 aliphatic heterocycles. The predicted octanol–water partition coefficient (Wildman–Crippen LogP) is 3.30. The molecule has 0 radical (unpaired) electrons. The van der Waals surface area contributed by atoms with Gasteiger partial charge in [-0.05, 0) is 28.4 Å². The van der Waals surface area contributed by atoms with E-state index in [0.717, 1.165) is 12.1 Å². The summed E-state index contributed by atoms with van der Waals surface area (Å²) in [7, 11) is 0. The Morgan fingerprint density at radius 2 is 2.25 bits per heavy atom. The highest BCUT2D eigenvalue weighted by atomic mass is 79.9. The number of ether oxygens (including phenoxy) is 1. The summed E-state index contributed by atoms with van der Waals surface area (Å²) in [6.45, 7) is 1.46. The molecule has 6 nitrogen and oxygen atoms in total. The van der Waals surface area contributed by atoms with E-state index in [0.29, 0.717) is 0 Å². The van der Waals surface area contributed by atoms with Crippen LogP contribution in [0.4, 0.5) is 10.1 Å². The van der Waals surface area contributed by atoms with Crippen molar-refractivity contribution < 1.29 is 24.0 Å². The topological polar surface area (TPSA) is 89.7 Å². The Hall–Kier alpha value is -1.96. The second-order valence-electron chi connectivity index (χ2n) is 3.69. The monoisotopic (exact) mass is 347 g/mol.